The van der Waals surface area contributed by atoms with Gasteiger partial charge in [0.25, 0.3) is 0 Å². The van der Waals surface area contributed by atoms with Crippen molar-refractivity contribution in [1.29, 1.82) is 0 Å². The van der Waals surface area contributed by atoms with Crippen molar-refractivity contribution in [3.8, 4) is 10.6 Å². The summed E-state index contributed by atoms with van der Waals surface area (Å²) in [7, 11) is -4.22. The Morgan fingerprint density at radius 3 is 2.78 bits per heavy atom. The van der Waals surface area contributed by atoms with Gasteiger partial charge in [0.1, 0.15) is 26.5 Å². The smallest absolute Gasteiger partial charge is 0.197 e. The van der Waals surface area contributed by atoms with Crippen LogP contribution in [-0.2, 0) is 16.7 Å². The van der Waals surface area contributed by atoms with Crippen LogP contribution in [0, 0.1) is 0 Å². The van der Waals surface area contributed by atoms with E-state index < -0.39 is 15.9 Å². The lowest BCUT2D eigenvalue weighted by Crippen LogP contribution is -2.40. The molecule has 0 N–H and O–H groups in total. The molecule has 2 rings (SSSR count). The second kappa shape index (κ2) is 5.27. The molecular formula is C9H8ClN3O3S2. The van der Waals surface area contributed by atoms with E-state index in [2.05, 4.69) is 10.1 Å². The third-order valence-electron chi connectivity index (χ3n) is 2.06. The Labute approximate surface area is 113 Å². The summed E-state index contributed by atoms with van der Waals surface area (Å²) in [6.07, 6.45) is 3.14. The van der Waals surface area contributed by atoms with Gasteiger partial charge in [-0.05, 0) is 5.10 Å². The highest BCUT2D eigenvalue weighted by Gasteiger charge is 2.09. The maximum Gasteiger partial charge on any atom is 0.197 e. The zero-order valence-corrected chi connectivity index (χ0v) is 11.4. The first-order chi connectivity index (χ1) is 8.44. The summed E-state index contributed by atoms with van der Waals surface area (Å²) < 4.78 is 32.8. The minimum atomic E-state index is -4.22. The number of hydrogen-bond acceptors (Lipinski definition) is 6. The molecule has 0 unspecified atom stereocenters. The first-order valence-corrected chi connectivity index (χ1v) is 7.68. The number of thiazole rings is 1. The van der Waals surface area contributed by atoms with Crippen molar-refractivity contribution < 1.29 is 17.7 Å². The van der Waals surface area contributed by atoms with Crippen molar-refractivity contribution in [3.63, 3.8) is 0 Å². The first-order valence-electron chi connectivity index (χ1n) is 4.85. The van der Waals surface area contributed by atoms with Gasteiger partial charge >= 0.3 is 0 Å². The lowest BCUT2D eigenvalue weighted by molar-refractivity contribution is -0.750. The lowest BCUT2D eigenvalue weighted by atomic mass is 10.3. The Balaban J connectivity index is 2.10. The highest BCUT2D eigenvalue weighted by atomic mass is 35.5. The normalized spacial score (nSPS) is 11.7. The van der Waals surface area contributed by atoms with Crippen LogP contribution in [0.25, 0.3) is 10.6 Å². The molecule has 96 valence electrons. The topological polar surface area (TPSA) is 86.9 Å². The lowest BCUT2D eigenvalue weighted by Gasteiger charge is -2.02. The van der Waals surface area contributed by atoms with E-state index in [-0.39, 0.29) is 6.54 Å². The Bertz CT molecular complexity index is 639. The van der Waals surface area contributed by atoms with Crippen LogP contribution in [0.4, 0.5) is 0 Å². The summed E-state index contributed by atoms with van der Waals surface area (Å²) in [5.74, 6) is -0.479. The van der Waals surface area contributed by atoms with Crippen molar-refractivity contribution in [2.45, 2.75) is 6.54 Å². The number of halogens is 1. The summed E-state index contributed by atoms with van der Waals surface area (Å²) in [5.41, 5.74) is 0.785. The Hall–Kier alpha value is -1.09. The molecule has 18 heavy (non-hydrogen) atoms. The third-order valence-corrected chi connectivity index (χ3v) is 3.96. The highest BCUT2D eigenvalue weighted by Crippen LogP contribution is 2.24. The maximum atomic E-state index is 10.5. The number of hydrogen-bond donors (Lipinski definition) is 0. The average molecular weight is 306 g/mol. The molecule has 2 aromatic heterocycles. The van der Waals surface area contributed by atoms with Crippen molar-refractivity contribution in [1.82, 2.24) is 10.1 Å². The first kappa shape index (κ1) is 13.3. The fourth-order valence-electron chi connectivity index (χ4n) is 1.24. The largest absolute Gasteiger partial charge is 0.748 e. The fourth-order valence-corrected chi connectivity index (χ4v) is 2.58. The number of rotatable bonds is 4. The van der Waals surface area contributed by atoms with Crippen LogP contribution in [0.1, 0.15) is 0 Å². The molecule has 0 aromatic carbocycles. The monoisotopic (exact) mass is 305 g/mol. The van der Waals surface area contributed by atoms with Crippen LogP contribution in [0.5, 0.6) is 0 Å². The van der Waals surface area contributed by atoms with Crippen LogP contribution in [0.2, 0.25) is 5.15 Å². The van der Waals surface area contributed by atoms with Gasteiger partial charge in [0.2, 0.25) is 0 Å². The second-order valence-corrected chi connectivity index (χ2v) is 6.18. The molecule has 0 radical (unpaired) electrons. The van der Waals surface area contributed by atoms with E-state index in [1.54, 1.807) is 23.8 Å². The molecule has 2 aromatic rings. The molecule has 6 nitrogen and oxygen atoms in total. The van der Waals surface area contributed by atoms with Gasteiger partial charge in [0.05, 0.1) is 5.75 Å². The molecule has 0 aliphatic rings. The highest BCUT2D eigenvalue weighted by molar-refractivity contribution is 7.85. The van der Waals surface area contributed by atoms with E-state index in [0.29, 0.717) is 5.15 Å². The van der Waals surface area contributed by atoms with Crippen molar-refractivity contribution in [2.24, 2.45) is 0 Å². The van der Waals surface area contributed by atoms with Gasteiger partial charge in [-0.25, -0.2) is 13.4 Å². The van der Waals surface area contributed by atoms with E-state index in [1.807, 2.05) is 0 Å². The van der Waals surface area contributed by atoms with Crippen LogP contribution in [-0.4, -0.2) is 28.8 Å². The minimum absolute atomic E-state index is 0.0325. The zero-order valence-electron chi connectivity index (χ0n) is 8.98. The molecule has 0 bridgehead atoms. The molecule has 0 saturated heterocycles. The predicted octanol–water partition coefficient (Wildman–Crippen LogP) is 0.691. The summed E-state index contributed by atoms with van der Waals surface area (Å²) in [6, 6.07) is 1.74. The number of nitrogens with zero attached hydrogens (tertiary/aromatic N) is 3. The van der Waals surface area contributed by atoms with Gasteiger partial charge in [-0.1, -0.05) is 16.3 Å². The summed E-state index contributed by atoms with van der Waals surface area (Å²) in [4.78, 5) is 4.08. The summed E-state index contributed by atoms with van der Waals surface area (Å²) in [5, 5.41) is 6.87. The average Bonchev–Trinajstić information content (AvgIpc) is 2.73. The van der Waals surface area contributed by atoms with Gasteiger partial charge < -0.3 is 4.55 Å². The molecular weight excluding hydrogens is 298 g/mol. The van der Waals surface area contributed by atoms with Crippen molar-refractivity contribution >= 4 is 33.1 Å². The Morgan fingerprint density at radius 2 is 2.28 bits per heavy atom. The molecule has 0 aliphatic carbocycles. The van der Waals surface area contributed by atoms with Crippen molar-refractivity contribution in [2.75, 3.05) is 5.75 Å². The maximum absolute atomic E-state index is 10.5. The molecule has 0 fully saturated rings. The Morgan fingerprint density at radius 1 is 1.50 bits per heavy atom. The molecule has 2 heterocycles. The SMILES string of the molecule is O=S(=O)([O-])CC[n+]1ccc(-c2nc(Cl)cs2)cn1. The number of aromatic nitrogens is 3. The van der Waals surface area contributed by atoms with Crippen LogP contribution < -0.4 is 4.68 Å². The molecule has 0 atom stereocenters. The van der Waals surface area contributed by atoms with Gasteiger partial charge in [-0.15, -0.1) is 11.3 Å². The van der Waals surface area contributed by atoms with Crippen LogP contribution in [0.15, 0.2) is 23.8 Å². The summed E-state index contributed by atoms with van der Waals surface area (Å²) in [6.45, 7) is 0.0325. The van der Waals surface area contributed by atoms with E-state index in [1.165, 1.54) is 16.0 Å². The molecule has 0 spiro atoms. The molecule has 0 saturated carbocycles. The van der Waals surface area contributed by atoms with E-state index in [0.717, 1.165) is 10.6 Å². The Kier molecular flexibility index (Phi) is 3.91. The van der Waals surface area contributed by atoms with Crippen molar-refractivity contribution in [3.05, 3.63) is 29.0 Å². The van der Waals surface area contributed by atoms with Gasteiger partial charge in [-0.2, -0.15) is 0 Å². The third kappa shape index (κ3) is 3.70. The van der Waals surface area contributed by atoms with Gasteiger partial charge in [0.15, 0.2) is 12.7 Å². The van der Waals surface area contributed by atoms with E-state index in [9.17, 15) is 13.0 Å². The van der Waals surface area contributed by atoms with Gasteiger partial charge in [0, 0.05) is 17.0 Å². The quantitative estimate of drug-likeness (QED) is 0.613. The van der Waals surface area contributed by atoms with E-state index in [4.69, 9.17) is 11.6 Å². The number of aryl methyl sites for hydroxylation is 1. The summed E-state index contributed by atoms with van der Waals surface area (Å²) >= 11 is 7.10. The molecule has 0 amide bonds. The van der Waals surface area contributed by atoms with Gasteiger partial charge in [-0.3, -0.25) is 0 Å². The zero-order chi connectivity index (χ0) is 13.2. The minimum Gasteiger partial charge on any atom is -0.748 e. The van der Waals surface area contributed by atoms with Crippen LogP contribution in [0.3, 0.4) is 0 Å². The van der Waals surface area contributed by atoms with Crippen LogP contribution >= 0.6 is 22.9 Å². The molecule has 0 aliphatic heterocycles. The predicted molar refractivity (Wildman–Crippen MR) is 65.1 cm³/mol. The van der Waals surface area contributed by atoms with E-state index >= 15 is 0 Å². The second-order valence-electron chi connectivity index (χ2n) is 3.42. The fraction of sp³-hybridized carbons (Fsp3) is 0.222. The molecule has 9 heteroatoms. The standard InChI is InChI=1S/C9H8ClN3O3S2/c10-8-6-17-9(12-8)7-1-2-13(11-5-7)3-4-18(14,15)16/h1-2,5-6H,3-4H2.